The highest BCUT2D eigenvalue weighted by molar-refractivity contribution is 6.31. The van der Waals surface area contributed by atoms with Crippen molar-refractivity contribution in [3.8, 4) is 17.2 Å². The third-order valence-corrected chi connectivity index (χ3v) is 3.27. The second kappa shape index (κ2) is 6.66. The molecule has 0 amide bonds. The minimum Gasteiger partial charge on any atom is -0.493 e. The van der Waals surface area contributed by atoms with Gasteiger partial charge in [-0.25, -0.2) is 4.39 Å². The zero-order valence-corrected chi connectivity index (χ0v) is 13.0. The number of ketones is 1. The summed E-state index contributed by atoms with van der Waals surface area (Å²) in [6.45, 7) is 0. The predicted octanol–water partition coefficient (Wildman–Crippen LogP) is 3.74. The molecule has 2 rings (SSSR count). The Kier molecular flexibility index (Phi) is 4.88. The minimum atomic E-state index is -0.580. The molecule has 4 nitrogen and oxygen atoms in total. The highest BCUT2D eigenvalue weighted by Crippen LogP contribution is 2.38. The van der Waals surface area contributed by atoms with E-state index in [0.29, 0.717) is 17.2 Å². The van der Waals surface area contributed by atoms with E-state index in [-0.39, 0.29) is 16.1 Å². The summed E-state index contributed by atoms with van der Waals surface area (Å²) in [5, 5.41) is 0.149. The third kappa shape index (κ3) is 3.14. The molecule has 0 aliphatic rings. The Morgan fingerprint density at radius 3 is 1.91 bits per heavy atom. The lowest BCUT2D eigenvalue weighted by Gasteiger charge is -2.13. The van der Waals surface area contributed by atoms with Crippen molar-refractivity contribution in [2.45, 2.75) is 0 Å². The maximum absolute atomic E-state index is 13.4. The number of hydrogen-bond donors (Lipinski definition) is 0. The zero-order chi connectivity index (χ0) is 16.3. The second-order valence-corrected chi connectivity index (χ2v) is 4.84. The van der Waals surface area contributed by atoms with Crippen molar-refractivity contribution in [2.75, 3.05) is 21.3 Å². The second-order valence-electron chi connectivity index (χ2n) is 4.40. The van der Waals surface area contributed by atoms with E-state index in [1.807, 2.05) is 0 Å². The van der Waals surface area contributed by atoms with Gasteiger partial charge in [-0.05, 0) is 30.3 Å². The lowest BCUT2D eigenvalue weighted by atomic mass is 10.0. The average Bonchev–Trinajstić information content (AvgIpc) is 2.51. The monoisotopic (exact) mass is 324 g/mol. The molecule has 0 atom stereocenters. The Morgan fingerprint density at radius 1 is 0.909 bits per heavy atom. The number of ether oxygens (including phenoxy) is 3. The molecular weight excluding hydrogens is 311 g/mol. The van der Waals surface area contributed by atoms with Gasteiger partial charge in [-0.3, -0.25) is 4.79 Å². The summed E-state index contributed by atoms with van der Waals surface area (Å²) in [5.41, 5.74) is 0.412. The molecule has 0 aliphatic heterocycles. The molecule has 0 unspecified atom stereocenters. The number of rotatable bonds is 5. The number of hydrogen-bond acceptors (Lipinski definition) is 4. The number of benzene rings is 2. The lowest BCUT2D eigenvalue weighted by Crippen LogP contribution is -2.04. The van der Waals surface area contributed by atoms with Gasteiger partial charge < -0.3 is 14.2 Å². The maximum atomic E-state index is 13.4. The average molecular weight is 325 g/mol. The summed E-state index contributed by atoms with van der Waals surface area (Å²) in [6.07, 6.45) is 0. The van der Waals surface area contributed by atoms with Crippen molar-refractivity contribution in [1.82, 2.24) is 0 Å². The standard InChI is InChI=1S/C16H14ClFO4/c1-20-13-6-10(7-14(21-2)16(13)22-3)15(19)9-4-11(17)8-12(18)5-9/h4-8H,1-3H3. The topological polar surface area (TPSA) is 44.8 Å². The SMILES string of the molecule is COc1cc(C(=O)c2cc(F)cc(Cl)c2)cc(OC)c1OC. The number of halogens is 2. The smallest absolute Gasteiger partial charge is 0.203 e. The van der Waals surface area contributed by atoms with Crippen LogP contribution in [0, 0.1) is 5.82 Å². The first-order valence-corrected chi connectivity index (χ1v) is 6.68. The van der Waals surface area contributed by atoms with Gasteiger partial charge in [-0.15, -0.1) is 0 Å². The van der Waals surface area contributed by atoms with Gasteiger partial charge in [0.15, 0.2) is 17.3 Å². The quantitative estimate of drug-likeness (QED) is 0.786. The summed E-state index contributed by atoms with van der Waals surface area (Å²) in [6, 6.07) is 6.66. The molecule has 0 bridgehead atoms. The van der Waals surface area contributed by atoms with Crippen LogP contribution in [-0.4, -0.2) is 27.1 Å². The normalized spacial score (nSPS) is 10.2. The molecule has 0 heterocycles. The van der Waals surface area contributed by atoms with E-state index < -0.39 is 11.6 Å². The van der Waals surface area contributed by atoms with E-state index in [0.717, 1.165) is 12.1 Å². The molecular formula is C16H14ClFO4. The van der Waals surface area contributed by atoms with Crippen molar-refractivity contribution in [3.63, 3.8) is 0 Å². The molecule has 0 spiro atoms. The van der Waals surface area contributed by atoms with Crippen LogP contribution in [0.5, 0.6) is 17.2 Å². The fraction of sp³-hybridized carbons (Fsp3) is 0.188. The van der Waals surface area contributed by atoms with Crippen LogP contribution < -0.4 is 14.2 Å². The molecule has 2 aromatic rings. The summed E-state index contributed by atoms with van der Waals surface area (Å²) < 4.78 is 29.0. The first-order chi connectivity index (χ1) is 10.5. The van der Waals surface area contributed by atoms with Crippen LogP contribution in [0.4, 0.5) is 4.39 Å². The Balaban J connectivity index is 2.54. The molecule has 0 aliphatic carbocycles. The fourth-order valence-corrected chi connectivity index (χ4v) is 2.29. The summed E-state index contributed by atoms with van der Waals surface area (Å²) in [4.78, 5) is 12.5. The van der Waals surface area contributed by atoms with Crippen molar-refractivity contribution in [2.24, 2.45) is 0 Å². The fourth-order valence-electron chi connectivity index (χ4n) is 2.06. The summed E-state index contributed by atoms with van der Waals surface area (Å²) in [7, 11) is 4.36. The molecule has 22 heavy (non-hydrogen) atoms. The van der Waals surface area contributed by atoms with Crippen molar-refractivity contribution in [3.05, 3.63) is 52.3 Å². The van der Waals surface area contributed by atoms with Gasteiger partial charge in [0.05, 0.1) is 21.3 Å². The minimum absolute atomic E-state index is 0.138. The van der Waals surface area contributed by atoms with E-state index in [9.17, 15) is 9.18 Å². The van der Waals surface area contributed by atoms with Crippen LogP contribution in [-0.2, 0) is 0 Å². The van der Waals surface area contributed by atoms with Gasteiger partial charge in [-0.2, -0.15) is 0 Å². The highest BCUT2D eigenvalue weighted by Gasteiger charge is 2.18. The summed E-state index contributed by atoms with van der Waals surface area (Å²) in [5.74, 6) is 0.0724. The lowest BCUT2D eigenvalue weighted by molar-refractivity contribution is 0.103. The molecule has 6 heteroatoms. The van der Waals surface area contributed by atoms with E-state index in [1.165, 1.54) is 39.5 Å². The van der Waals surface area contributed by atoms with Gasteiger partial charge in [0.25, 0.3) is 0 Å². The Hall–Kier alpha value is -2.27. The van der Waals surface area contributed by atoms with Crippen LogP contribution in [0.3, 0.4) is 0 Å². The van der Waals surface area contributed by atoms with Crippen molar-refractivity contribution < 1.29 is 23.4 Å². The maximum Gasteiger partial charge on any atom is 0.203 e. The van der Waals surface area contributed by atoms with Crippen LogP contribution in [0.15, 0.2) is 30.3 Å². The molecule has 0 aromatic heterocycles. The van der Waals surface area contributed by atoms with E-state index >= 15 is 0 Å². The van der Waals surface area contributed by atoms with Gasteiger partial charge in [0.2, 0.25) is 5.75 Å². The Morgan fingerprint density at radius 2 is 1.45 bits per heavy atom. The van der Waals surface area contributed by atoms with Gasteiger partial charge >= 0.3 is 0 Å². The van der Waals surface area contributed by atoms with Crippen LogP contribution >= 0.6 is 11.6 Å². The molecule has 0 fully saturated rings. The van der Waals surface area contributed by atoms with E-state index in [1.54, 1.807) is 0 Å². The van der Waals surface area contributed by atoms with Crippen LogP contribution in [0.2, 0.25) is 5.02 Å². The third-order valence-electron chi connectivity index (χ3n) is 3.05. The molecule has 0 radical (unpaired) electrons. The first kappa shape index (κ1) is 16.1. The first-order valence-electron chi connectivity index (χ1n) is 6.31. The van der Waals surface area contributed by atoms with E-state index in [2.05, 4.69) is 0 Å². The molecule has 116 valence electrons. The molecule has 0 saturated heterocycles. The molecule has 0 N–H and O–H groups in total. The Labute approximate surface area is 132 Å². The highest BCUT2D eigenvalue weighted by atomic mass is 35.5. The number of methoxy groups -OCH3 is 3. The number of carbonyl (C=O) groups excluding carboxylic acids is 1. The van der Waals surface area contributed by atoms with E-state index in [4.69, 9.17) is 25.8 Å². The molecule has 0 saturated carbocycles. The van der Waals surface area contributed by atoms with Gasteiger partial charge in [0.1, 0.15) is 5.82 Å². The van der Waals surface area contributed by atoms with Crippen LogP contribution in [0.1, 0.15) is 15.9 Å². The van der Waals surface area contributed by atoms with Crippen LogP contribution in [0.25, 0.3) is 0 Å². The van der Waals surface area contributed by atoms with Gasteiger partial charge in [0, 0.05) is 16.1 Å². The zero-order valence-electron chi connectivity index (χ0n) is 12.3. The number of carbonyl (C=O) groups is 1. The van der Waals surface area contributed by atoms with Crippen molar-refractivity contribution >= 4 is 17.4 Å². The largest absolute Gasteiger partial charge is 0.493 e. The molecule has 2 aromatic carbocycles. The van der Waals surface area contributed by atoms with Crippen molar-refractivity contribution in [1.29, 1.82) is 0 Å². The summed E-state index contributed by atoms with van der Waals surface area (Å²) >= 11 is 5.78. The van der Waals surface area contributed by atoms with Gasteiger partial charge in [-0.1, -0.05) is 11.6 Å². The Bertz CT molecular complexity index is 670. The predicted molar refractivity (Wildman–Crippen MR) is 80.9 cm³/mol.